The van der Waals surface area contributed by atoms with Gasteiger partial charge in [-0.1, -0.05) is 38.2 Å². The molecule has 0 aromatic rings. The first-order chi connectivity index (χ1) is 10.6. The zero-order valence-electron chi connectivity index (χ0n) is 14.3. The summed E-state index contributed by atoms with van der Waals surface area (Å²) in [4.78, 5) is 0. The Balaban J connectivity index is 1.67. The molecule has 2 saturated carbocycles. The van der Waals surface area contributed by atoms with Crippen LogP contribution in [-0.4, -0.2) is 6.54 Å². The third-order valence-corrected chi connectivity index (χ3v) is 7.90. The van der Waals surface area contributed by atoms with Gasteiger partial charge in [0.15, 0.2) is 0 Å². The van der Waals surface area contributed by atoms with Gasteiger partial charge in [-0.3, -0.25) is 0 Å². The summed E-state index contributed by atoms with van der Waals surface area (Å²) in [5, 5.41) is 3.65. The SMILES string of the molecule is C=CCC1CC[C@H]2[C@@H]3CC=C4NCC=C[C@]4(C)[C@@H]3CC[C@]12C. The van der Waals surface area contributed by atoms with Crippen molar-refractivity contribution in [1.82, 2.24) is 5.32 Å². The Morgan fingerprint density at radius 3 is 2.95 bits per heavy atom. The Hall–Kier alpha value is -0.980. The zero-order valence-corrected chi connectivity index (χ0v) is 14.3. The average Bonchev–Trinajstić information content (AvgIpc) is 2.84. The molecule has 4 rings (SSSR count). The first-order valence-corrected chi connectivity index (χ1v) is 9.32. The van der Waals surface area contributed by atoms with Gasteiger partial charge in [-0.25, -0.2) is 0 Å². The highest BCUT2D eigenvalue weighted by Crippen LogP contribution is 2.65. The normalized spacial score (nSPS) is 49.5. The van der Waals surface area contributed by atoms with E-state index in [4.69, 9.17) is 0 Å². The lowest BCUT2D eigenvalue weighted by Crippen LogP contribution is -2.50. The molecule has 120 valence electrons. The van der Waals surface area contributed by atoms with E-state index < -0.39 is 0 Å². The van der Waals surface area contributed by atoms with Crippen LogP contribution in [0.4, 0.5) is 0 Å². The minimum Gasteiger partial charge on any atom is -0.384 e. The van der Waals surface area contributed by atoms with Gasteiger partial charge in [-0.2, -0.15) is 0 Å². The Labute approximate surface area is 135 Å². The highest BCUT2D eigenvalue weighted by atomic mass is 14.9. The van der Waals surface area contributed by atoms with Crippen LogP contribution < -0.4 is 5.32 Å². The largest absolute Gasteiger partial charge is 0.384 e. The molecule has 2 fully saturated rings. The second kappa shape index (κ2) is 5.01. The maximum absolute atomic E-state index is 4.01. The average molecular weight is 297 g/mol. The molecule has 1 nitrogen and oxygen atoms in total. The fourth-order valence-corrected chi connectivity index (χ4v) is 6.68. The number of hydrogen-bond donors (Lipinski definition) is 1. The molecule has 1 unspecified atom stereocenters. The van der Waals surface area contributed by atoms with Gasteiger partial charge >= 0.3 is 0 Å². The molecule has 1 N–H and O–H groups in total. The standard InChI is InChI=1S/C21H31N/c1-4-6-15-7-9-17-16-8-10-19-21(3,12-5-14-22-19)18(16)11-13-20(15,17)2/h4-5,10,12,15-18,22H,1,6-9,11,13-14H2,2-3H3/t15?,16-,17-,18+,20+,21+/m0/s1. The van der Waals surface area contributed by atoms with Crippen molar-refractivity contribution in [2.24, 2.45) is 34.5 Å². The summed E-state index contributed by atoms with van der Waals surface area (Å²) in [7, 11) is 0. The lowest BCUT2D eigenvalue weighted by molar-refractivity contribution is -0.0230. The van der Waals surface area contributed by atoms with E-state index >= 15 is 0 Å². The Morgan fingerprint density at radius 1 is 1.27 bits per heavy atom. The van der Waals surface area contributed by atoms with Crippen molar-refractivity contribution >= 4 is 0 Å². The third kappa shape index (κ3) is 1.83. The molecule has 4 aliphatic rings. The number of fused-ring (bicyclic) bond motifs is 5. The number of nitrogens with one attached hydrogen (secondary N) is 1. The third-order valence-electron chi connectivity index (χ3n) is 7.90. The van der Waals surface area contributed by atoms with E-state index in [1.165, 1.54) is 44.2 Å². The lowest BCUT2D eigenvalue weighted by atomic mass is 9.50. The van der Waals surface area contributed by atoms with Crippen molar-refractivity contribution in [1.29, 1.82) is 0 Å². The second-order valence-corrected chi connectivity index (χ2v) is 8.64. The molecular weight excluding hydrogens is 266 g/mol. The molecule has 1 heterocycles. The predicted molar refractivity (Wildman–Crippen MR) is 93.3 cm³/mol. The van der Waals surface area contributed by atoms with Gasteiger partial charge in [0, 0.05) is 17.7 Å². The smallest absolute Gasteiger partial charge is 0.0328 e. The summed E-state index contributed by atoms with van der Waals surface area (Å²) >= 11 is 0. The lowest BCUT2D eigenvalue weighted by Gasteiger charge is -2.56. The summed E-state index contributed by atoms with van der Waals surface area (Å²) in [5.41, 5.74) is 2.36. The van der Waals surface area contributed by atoms with Crippen LogP contribution in [0.1, 0.15) is 52.4 Å². The van der Waals surface area contributed by atoms with E-state index in [1.807, 2.05) is 0 Å². The van der Waals surface area contributed by atoms with Crippen LogP contribution in [0.25, 0.3) is 0 Å². The van der Waals surface area contributed by atoms with Crippen LogP contribution in [-0.2, 0) is 0 Å². The van der Waals surface area contributed by atoms with Crippen molar-refractivity contribution in [3.63, 3.8) is 0 Å². The number of rotatable bonds is 2. The second-order valence-electron chi connectivity index (χ2n) is 8.64. The van der Waals surface area contributed by atoms with Crippen molar-refractivity contribution < 1.29 is 0 Å². The van der Waals surface area contributed by atoms with Crippen LogP contribution >= 0.6 is 0 Å². The van der Waals surface area contributed by atoms with Crippen molar-refractivity contribution in [2.45, 2.75) is 52.4 Å². The van der Waals surface area contributed by atoms with Gasteiger partial charge in [0.1, 0.15) is 0 Å². The Morgan fingerprint density at radius 2 is 2.14 bits per heavy atom. The van der Waals surface area contributed by atoms with E-state index in [2.05, 4.69) is 50.0 Å². The van der Waals surface area contributed by atoms with Crippen molar-refractivity contribution in [3.8, 4) is 0 Å². The Kier molecular flexibility index (Phi) is 3.33. The van der Waals surface area contributed by atoms with Gasteiger partial charge in [0.25, 0.3) is 0 Å². The van der Waals surface area contributed by atoms with Crippen molar-refractivity contribution in [3.05, 3.63) is 36.6 Å². The first kappa shape index (κ1) is 14.6. The van der Waals surface area contributed by atoms with Gasteiger partial charge in [0.05, 0.1) is 0 Å². The van der Waals surface area contributed by atoms with E-state index in [1.54, 1.807) is 0 Å². The highest BCUT2D eigenvalue weighted by Gasteiger charge is 2.57. The summed E-state index contributed by atoms with van der Waals surface area (Å²) in [5.74, 6) is 3.55. The van der Waals surface area contributed by atoms with E-state index in [-0.39, 0.29) is 5.41 Å². The molecule has 1 heteroatoms. The molecular formula is C21H31N. The molecule has 1 aliphatic heterocycles. The van der Waals surface area contributed by atoms with Gasteiger partial charge in [-0.15, -0.1) is 6.58 Å². The highest BCUT2D eigenvalue weighted by molar-refractivity contribution is 5.30. The van der Waals surface area contributed by atoms with Gasteiger partial charge in [0.2, 0.25) is 0 Å². The van der Waals surface area contributed by atoms with E-state index in [0.717, 1.165) is 30.2 Å². The predicted octanol–water partition coefficient (Wildman–Crippen LogP) is 5.07. The minimum atomic E-state index is 0.277. The molecule has 22 heavy (non-hydrogen) atoms. The minimum absolute atomic E-state index is 0.277. The molecule has 0 aromatic carbocycles. The quantitative estimate of drug-likeness (QED) is 0.701. The maximum Gasteiger partial charge on any atom is 0.0328 e. The van der Waals surface area contributed by atoms with Crippen LogP contribution in [0.3, 0.4) is 0 Å². The van der Waals surface area contributed by atoms with Crippen molar-refractivity contribution in [2.75, 3.05) is 6.54 Å². The first-order valence-electron chi connectivity index (χ1n) is 9.32. The fraction of sp³-hybridized carbons (Fsp3) is 0.714. The molecule has 0 aromatic heterocycles. The van der Waals surface area contributed by atoms with Crippen LogP contribution in [0, 0.1) is 34.5 Å². The topological polar surface area (TPSA) is 12.0 Å². The fourth-order valence-electron chi connectivity index (χ4n) is 6.68. The molecule has 0 amide bonds. The van der Waals surface area contributed by atoms with Crippen LogP contribution in [0.5, 0.6) is 0 Å². The Bertz CT molecular complexity index is 530. The summed E-state index contributed by atoms with van der Waals surface area (Å²) in [6, 6.07) is 0. The van der Waals surface area contributed by atoms with E-state index in [0.29, 0.717) is 5.41 Å². The molecule has 0 saturated heterocycles. The molecule has 0 radical (unpaired) electrons. The zero-order chi connectivity index (χ0) is 15.4. The summed E-state index contributed by atoms with van der Waals surface area (Å²) in [6.45, 7) is 10.1. The molecule has 0 spiro atoms. The monoisotopic (exact) mass is 297 g/mol. The summed E-state index contributed by atoms with van der Waals surface area (Å²) in [6.07, 6.45) is 17.8. The number of hydrogen-bond acceptors (Lipinski definition) is 1. The van der Waals surface area contributed by atoms with Gasteiger partial charge < -0.3 is 5.32 Å². The summed E-state index contributed by atoms with van der Waals surface area (Å²) < 4.78 is 0. The maximum atomic E-state index is 4.01. The van der Waals surface area contributed by atoms with Gasteiger partial charge in [-0.05, 0) is 67.6 Å². The number of allylic oxidation sites excluding steroid dienone is 3. The molecule has 3 aliphatic carbocycles. The van der Waals surface area contributed by atoms with Crippen LogP contribution in [0.2, 0.25) is 0 Å². The molecule has 6 atom stereocenters. The van der Waals surface area contributed by atoms with E-state index in [9.17, 15) is 0 Å². The molecule has 0 bridgehead atoms. The van der Waals surface area contributed by atoms with Crippen LogP contribution in [0.15, 0.2) is 36.6 Å².